The van der Waals surface area contributed by atoms with Gasteiger partial charge < -0.3 is 5.11 Å². The summed E-state index contributed by atoms with van der Waals surface area (Å²) in [6, 6.07) is 7.28. The largest absolute Gasteiger partial charge is 0.481 e. The second-order valence-corrected chi connectivity index (χ2v) is 5.60. The van der Waals surface area contributed by atoms with Gasteiger partial charge in [0.2, 0.25) is 0 Å². The predicted octanol–water partition coefficient (Wildman–Crippen LogP) is 2.46. The van der Waals surface area contributed by atoms with Crippen LogP contribution in [-0.4, -0.2) is 20.6 Å². The number of carbonyl (C=O) groups is 1. The maximum absolute atomic E-state index is 12.6. The molecule has 0 unspecified atom stereocenters. The van der Waals surface area contributed by atoms with Crippen LogP contribution in [0.2, 0.25) is 0 Å². The Balaban J connectivity index is 2.44. The van der Waals surface area contributed by atoms with Crippen LogP contribution in [-0.2, 0) is 17.8 Å². The smallest absolute Gasteiger partial charge is 0.303 e. The van der Waals surface area contributed by atoms with Crippen LogP contribution in [0, 0.1) is 5.92 Å². The van der Waals surface area contributed by atoms with Gasteiger partial charge in [0.1, 0.15) is 5.82 Å². The number of para-hydroxylation sites is 1. The number of fused-ring (bicyclic) bond motifs is 1. The molecule has 0 amide bonds. The number of carboxylic acids is 1. The molecule has 5 nitrogen and oxygen atoms in total. The van der Waals surface area contributed by atoms with E-state index in [1.54, 1.807) is 10.6 Å². The Bertz CT molecular complexity index is 704. The highest BCUT2D eigenvalue weighted by Gasteiger charge is 2.12. The molecule has 0 spiro atoms. The average molecular weight is 288 g/mol. The fourth-order valence-electron chi connectivity index (χ4n) is 2.36. The summed E-state index contributed by atoms with van der Waals surface area (Å²) in [5.74, 6) is 0.172. The van der Waals surface area contributed by atoms with Crippen LogP contribution >= 0.6 is 0 Å². The average Bonchev–Trinajstić information content (AvgIpc) is 2.42. The molecule has 5 heteroatoms. The number of aliphatic carboxylic acids is 1. The van der Waals surface area contributed by atoms with Gasteiger partial charge in [0, 0.05) is 19.4 Å². The van der Waals surface area contributed by atoms with Crippen LogP contribution in [0.5, 0.6) is 0 Å². The minimum atomic E-state index is -0.825. The van der Waals surface area contributed by atoms with E-state index >= 15 is 0 Å². The number of hydrogen-bond donors (Lipinski definition) is 1. The van der Waals surface area contributed by atoms with E-state index < -0.39 is 5.97 Å². The summed E-state index contributed by atoms with van der Waals surface area (Å²) in [5, 5.41) is 9.35. The van der Waals surface area contributed by atoms with Crippen molar-refractivity contribution in [2.24, 2.45) is 5.92 Å². The van der Waals surface area contributed by atoms with Crippen molar-refractivity contribution in [2.45, 2.75) is 39.7 Å². The fourth-order valence-corrected chi connectivity index (χ4v) is 2.36. The zero-order chi connectivity index (χ0) is 15.4. The molecule has 0 aliphatic carbocycles. The van der Waals surface area contributed by atoms with Crippen molar-refractivity contribution in [3.05, 3.63) is 40.4 Å². The van der Waals surface area contributed by atoms with Crippen LogP contribution in [0.15, 0.2) is 29.1 Å². The first-order valence-electron chi connectivity index (χ1n) is 7.19. The number of rotatable bonds is 6. The lowest BCUT2D eigenvalue weighted by atomic mass is 10.1. The number of nitrogens with zero attached hydrogens (tertiary/aromatic N) is 2. The van der Waals surface area contributed by atoms with Crippen molar-refractivity contribution in [1.82, 2.24) is 9.55 Å². The number of carboxylic acid groups (broad SMARTS) is 1. The zero-order valence-corrected chi connectivity index (χ0v) is 12.4. The first-order chi connectivity index (χ1) is 9.99. The van der Waals surface area contributed by atoms with E-state index in [-0.39, 0.29) is 12.0 Å². The van der Waals surface area contributed by atoms with Crippen molar-refractivity contribution in [2.75, 3.05) is 0 Å². The molecule has 0 saturated carbocycles. The zero-order valence-electron chi connectivity index (χ0n) is 12.4. The van der Waals surface area contributed by atoms with Gasteiger partial charge in [-0.05, 0) is 24.5 Å². The monoisotopic (exact) mass is 288 g/mol. The summed E-state index contributed by atoms with van der Waals surface area (Å²) < 4.78 is 1.69. The van der Waals surface area contributed by atoms with Crippen molar-refractivity contribution >= 4 is 16.9 Å². The SMILES string of the molecule is CC(C)Cn1c(CCCC(=O)O)nc2ccccc2c1=O. The Hall–Kier alpha value is -2.17. The highest BCUT2D eigenvalue weighted by molar-refractivity contribution is 5.77. The summed E-state index contributed by atoms with van der Waals surface area (Å²) in [4.78, 5) is 27.8. The quantitative estimate of drug-likeness (QED) is 0.886. The van der Waals surface area contributed by atoms with Crippen molar-refractivity contribution in [1.29, 1.82) is 0 Å². The molecule has 0 aliphatic heterocycles. The molecule has 0 fully saturated rings. The summed E-state index contributed by atoms with van der Waals surface area (Å²) in [6.45, 7) is 4.68. The fraction of sp³-hybridized carbons (Fsp3) is 0.438. The molecule has 2 aromatic rings. The summed E-state index contributed by atoms with van der Waals surface area (Å²) in [7, 11) is 0. The van der Waals surface area contributed by atoms with Gasteiger partial charge in [0.15, 0.2) is 0 Å². The minimum absolute atomic E-state index is 0.0420. The van der Waals surface area contributed by atoms with Crippen LogP contribution in [0.1, 0.15) is 32.5 Å². The maximum atomic E-state index is 12.6. The van der Waals surface area contributed by atoms with Gasteiger partial charge in [-0.25, -0.2) is 4.98 Å². The van der Waals surface area contributed by atoms with Gasteiger partial charge in [0.05, 0.1) is 10.9 Å². The van der Waals surface area contributed by atoms with Crippen molar-refractivity contribution in [3.8, 4) is 0 Å². The lowest BCUT2D eigenvalue weighted by Crippen LogP contribution is -2.27. The van der Waals surface area contributed by atoms with E-state index in [2.05, 4.69) is 4.98 Å². The normalized spacial score (nSPS) is 11.2. The summed E-state index contributed by atoms with van der Waals surface area (Å²) >= 11 is 0. The molecule has 1 heterocycles. The van der Waals surface area contributed by atoms with Gasteiger partial charge >= 0.3 is 5.97 Å². The Morgan fingerprint density at radius 3 is 2.71 bits per heavy atom. The highest BCUT2D eigenvalue weighted by atomic mass is 16.4. The lowest BCUT2D eigenvalue weighted by molar-refractivity contribution is -0.137. The molecular formula is C16H20N2O3. The van der Waals surface area contributed by atoms with Gasteiger partial charge in [-0.3, -0.25) is 14.2 Å². The third-order valence-electron chi connectivity index (χ3n) is 3.28. The van der Waals surface area contributed by atoms with Crippen LogP contribution < -0.4 is 5.56 Å². The van der Waals surface area contributed by atoms with Gasteiger partial charge in [0.25, 0.3) is 5.56 Å². The molecule has 1 N–H and O–H groups in total. The summed E-state index contributed by atoms with van der Waals surface area (Å²) in [6.07, 6.45) is 1.07. The first-order valence-corrected chi connectivity index (χ1v) is 7.19. The molecule has 0 radical (unpaired) electrons. The van der Waals surface area contributed by atoms with Crippen LogP contribution in [0.4, 0.5) is 0 Å². The molecular weight excluding hydrogens is 268 g/mol. The maximum Gasteiger partial charge on any atom is 0.303 e. The van der Waals surface area contributed by atoms with E-state index in [1.165, 1.54) is 0 Å². The number of aromatic nitrogens is 2. The molecule has 1 aromatic heterocycles. The molecule has 1 aromatic carbocycles. The van der Waals surface area contributed by atoms with Crippen molar-refractivity contribution in [3.63, 3.8) is 0 Å². The Kier molecular flexibility index (Phi) is 4.73. The summed E-state index contributed by atoms with van der Waals surface area (Å²) in [5.41, 5.74) is 0.632. The van der Waals surface area contributed by atoms with E-state index in [0.29, 0.717) is 42.0 Å². The van der Waals surface area contributed by atoms with Crippen LogP contribution in [0.3, 0.4) is 0 Å². The third kappa shape index (κ3) is 3.68. The molecule has 2 rings (SSSR count). The Morgan fingerprint density at radius 2 is 2.05 bits per heavy atom. The molecule has 0 saturated heterocycles. The van der Waals surface area contributed by atoms with E-state index in [9.17, 15) is 9.59 Å². The second kappa shape index (κ2) is 6.52. The lowest BCUT2D eigenvalue weighted by Gasteiger charge is -2.15. The van der Waals surface area contributed by atoms with Gasteiger partial charge in [-0.15, -0.1) is 0 Å². The second-order valence-electron chi connectivity index (χ2n) is 5.60. The first kappa shape index (κ1) is 15.2. The van der Waals surface area contributed by atoms with Crippen molar-refractivity contribution < 1.29 is 9.90 Å². The number of hydrogen-bond acceptors (Lipinski definition) is 3. The molecule has 0 atom stereocenters. The highest BCUT2D eigenvalue weighted by Crippen LogP contribution is 2.11. The van der Waals surface area contributed by atoms with Gasteiger partial charge in [-0.1, -0.05) is 26.0 Å². The molecule has 21 heavy (non-hydrogen) atoms. The Morgan fingerprint density at radius 1 is 1.33 bits per heavy atom. The van der Waals surface area contributed by atoms with Gasteiger partial charge in [-0.2, -0.15) is 0 Å². The Labute approximate surface area is 123 Å². The standard InChI is InChI=1S/C16H20N2O3/c1-11(2)10-18-14(8-5-9-15(19)20)17-13-7-4-3-6-12(13)16(18)21/h3-4,6-7,11H,5,8-10H2,1-2H3,(H,19,20). The van der Waals surface area contributed by atoms with E-state index in [0.717, 1.165) is 0 Å². The predicted molar refractivity (Wildman–Crippen MR) is 81.4 cm³/mol. The molecule has 112 valence electrons. The topological polar surface area (TPSA) is 72.2 Å². The number of benzene rings is 1. The number of aryl methyl sites for hydroxylation is 1. The van der Waals surface area contributed by atoms with E-state index in [4.69, 9.17) is 5.11 Å². The third-order valence-corrected chi connectivity index (χ3v) is 3.28. The van der Waals surface area contributed by atoms with Crippen LogP contribution in [0.25, 0.3) is 10.9 Å². The molecule has 0 bridgehead atoms. The van der Waals surface area contributed by atoms with E-state index in [1.807, 2.05) is 32.0 Å². The molecule has 0 aliphatic rings. The minimum Gasteiger partial charge on any atom is -0.481 e.